The molecule has 2 rings (SSSR count). The first-order chi connectivity index (χ1) is 10.9. The number of carbonyl (C=O) groups excluding carboxylic acids is 1. The lowest BCUT2D eigenvalue weighted by Gasteiger charge is -2.31. The van der Waals surface area contributed by atoms with Gasteiger partial charge in [-0.3, -0.25) is 4.79 Å². The highest BCUT2D eigenvalue weighted by Crippen LogP contribution is 2.24. The normalized spacial score (nSPS) is 16.4. The first kappa shape index (κ1) is 17.8. The lowest BCUT2D eigenvalue weighted by molar-refractivity contribution is -0.134. The van der Waals surface area contributed by atoms with Gasteiger partial charge in [0, 0.05) is 13.1 Å². The minimum Gasteiger partial charge on any atom is -0.484 e. The van der Waals surface area contributed by atoms with Crippen LogP contribution in [0.1, 0.15) is 39.2 Å². The van der Waals surface area contributed by atoms with Gasteiger partial charge in [0.05, 0.1) is 0 Å². The van der Waals surface area contributed by atoms with E-state index in [0.29, 0.717) is 5.92 Å². The first-order valence-electron chi connectivity index (χ1n) is 8.56. The molecule has 1 saturated heterocycles. The minimum atomic E-state index is 0.0906. The largest absolute Gasteiger partial charge is 0.484 e. The predicted molar refractivity (Wildman–Crippen MR) is 93.9 cm³/mol. The molecule has 4 heteroatoms. The van der Waals surface area contributed by atoms with Crippen LogP contribution in [0.15, 0.2) is 24.3 Å². The van der Waals surface area contributed by atoms with Crippen LogP contribution in [0.4, 0.5) is 0 Å². The predicted octanol–water partition coefficient (Wildman–Crippen LogP) is 2.82. The van der Waals surface area contributed by atoms with E-state index in [9.17, 15) is 4.79 Å². The zero-order valence-electron chi connectivity index (χ0n) is 14.9. The number of nitrogens with zero attached hydrogens (tertiary/aromatic N) is 1. The molecule has 1 N–H and O–H groups in total. The summed E-state index contributed by atoms with van der Waals surface area (Å²) in [6, 6.07) is 8.05. The number of piperidine rings is 1. The van der Waals surface area contributed by atoms with Crippen molar-refractivity contribution in [3.8, 4) is 5.75 Å². The molecule has 0 aliphatic carbocycles. The molecule has 0 spiro atoms. The number of nitrogens with one attached hydrogen (secondary N) is 1. The van der Waals surface area contributed by atoms with E-state index < -0.39 is 0 Å². The minimum absolute atomic E-state index is 0.0906. The molecule has 0 saturated carbocycles. The van der Waals surface area contributed by atoms with Crippen LogP contribution in [0.25, 0.3) is 0 Å². The SMILES string of the molecule is CNCC1CCN(C(=O)COc2ccc(C(C)(C)C)cc2)CC1. The highest BCUT2D eigenvalue weighted by atomic mass is 16.5. The summed E-state index contributed by atoms with van der Waals surface area (Å²) in [5, 5.41) is 3.22. The molecule has 1 fully saturated rings. The van der Waals surface area contributed by atoms with Crippen molar-refractivity contribution in [2.45, 2.75) is 39.0 Å². The Morgan fingerprint density at radius 3 is 2.35 bits per heavy atom. The standard InChI is InChI=1S/C19H30N2O2/c1-19(2,3)16-5-7-17(8-6-16)23-14-18(22)21-11-9-15(10-12-21)13-20-4/h5-8,15,20H,9-14H2,1-4H3. The van der Waals surface area contributed by atoms with Crippen molar-refractivity contribution in [3.63, 3.8) is 0 Å². The van der Waals surface area contributed by atoms with Crippen LogP contribution in [-0.2, 0) is 10.2 Å². The van der Waals surface area contributed by atoms with Gasteiger partial charge in [0.25, 0.3) is 5.91 Å². The average Bonchev–Trinajstić information content (AvgIpc) is 2.53. The molecule has 0 atom stereocenters. The van der Waals surface area contributed by atoms with Crippen LogP contribution in [-0.4, -0.2) is 44.1 Å². The second-order valence-electron chi connectivity index (χ2n) is 7.44. The van der Waals surface area contributed by atoms with Crippen LogP contribution in [0, 0.1) is 5.92 Å². The molecular formula is C19H30N2O2. The number of ether oxygens (including phenoxy) is 1. The fourth-order valence-electron chi connectivity index (χ4n) is 2.96. The Labute approximate surface area is 140 Å². The van der Waals surface area contributed by atoms with Gasteiger partial charge in [0.1, 0.15) is 5.75 Å². The van der Waals surface area contributed by atoms with Gasteiger partial charge in [-0.05, 0) is 55.5 Å². The molecule has 1 aromatic carbocycles. The van der Waals surface area contributed by atoms with Crippen LogP contribution < -0.4 is 10.1 Å². The number of likely N-dealkylation sites (tertiary alicyclic amines) is 1. The zero-order chi connectivity index (χ0) is 16.9. The Bertz CT molecular complexity index is 497. The molecule has 0 bridgehead atoms. The van der Waals surface area contributed by atoms with E-state index >= 15 is 0 Å². The van der Waals surface area contributed by atoms with Crippen molar-refractivity contribution in [1.29, 1.82) is 0 Å². The van der Waals surface area contributed by atoms with Gasteiger partial charge >= 0.3 is 0 Å². The van der Waals surface area contributed by atoms with Crippen molar-refractivity contribution < 1.29 is 9.53 Å². The van der Waals surface area contributed by atoms with Crippen molar-refractivity contribution in [2.75, 3.05) is 33.3 Å². The maximum atomic E-state index is 12.2. The van der Waals surface area contributed by atoms with Crippen LogP contribution in [0.5, 0.6) is 5.75 Å². The zero-order valence-corrected chi connectivity index (χ0v) is 14.9. The molecule has 23 heavy (non-hydrogen) atoms. The lowest BCUT2D eigenvalue weighted by Crippen LogP contribution is -2.42. The van der Waals surface area contributed by atoms with E-state index in [0.717, 1.165) is 38.2 Å². The Morgan fingerprint density at radius 2 is 1.83 bits per heavy atom. The summed E-state index contributed by atoms with van der Waals surface area (Å²) in [7, 11) is 1.98. The summed E-state index contributed by atoms with van der Waals surface area (Å²) in [5.74, 6) is 1.54. The number of amides is 1. The second kappa shape index (κ2) is 7.82. The van der Waals surface area contributed by atoms with Crippen LogP contribution in [0.3, 0.4) is 0 Å². The molecule has 0 radical (unpaired) electrons. The molecule has 0 unspecified atom stereocenters. The third-order valence-corrected chi connectivity index (χ3v) is 4.54. The summed E-state index contributed by atoms with van der Waals surface area (Å²) >= 11 is 0. The molecule has 1 amide bonds. The van der Waals surface area contributed by atoms with E-state index in [1.54, 1.807) is 0 Å². The molecule has 1 aliphatic heterocycles. The summed E-state index contributed by atoms with van der Waals surface area (Å²) in [6.07, 6.45) is 2.15. The summed E-state index contributed by atoms with van der Waals surface area (Å²) in [4.78, 5) is 14.2. The Morgan fingerprint density at radius 1 is 1.22 bits per heavy atom. The highest BCUT2D eigenvalue weighted by Gasteiger charge is 2.22. The van der Waals surface area contributed by atoms with E-state index in [4.69, 9.17) is 4.74 Å². The number of hydrogen-bond donors (Lipinski definition) is 1. The van der Waals surface area contributed by atoms with E-state index in [2.05, 4.69) is 38.2 Å². The summed E-state index contributed by atoms with van der Waals surface area (Å²) < 4.78 is 5.66. The molecule has 128 valence electrons. The van der Waals surface area contributed by atoms with Crippen molar-refractivity contribution >= 4 is 5.91 Å². The Balaban J connectivity index is 1.78. The topological polar surface area (TPSA) is 41.6 Å². The van der Waals surface area contributed by atoms with Crippen molar-refractivity contribution in [3.05, 3.63) is 29.8 Å². The molecule has 1 aromatic rings. The number of benzene rings is 1. The third-order valence-electron chi connectivity index (χ3n) is 4.54. The maximum Gasteiger partial charge on any atom is 0.260 e. The third kappa shape index (κ3) is 5.24. The fraction of sp³-hybridized carbons (Fsp3) is 0.632. The summed E-state index contributed by atoms with van der Waals surface area (Å²) in [6.45, 7) is 9.41. The smallest absolute Gasteiger partial charge is 0.260 e. The van der Waals surface area contributed by atoms with Gasteiger partial charge in [-0.1, -0.05) is 32.9 Å². The average molecular weight is 318 g/mol. The molecule has 1 aliphatic rings. The Hall–Kier alpha value is -1.55. The Kier molecular flexibility index (Phi) is 6.05. The van der Waals surface area contributed by atoms with E-state index in [-0.39, 0.29) is 17.9 Å². The van der Waals surface area contributed by atoms with E-state index in [1.807, 2.05) is 24.1 Å². The quantitative estimate of drug-likeness (QED) is 0.908. The van der Waals surface area contributed by atoms with Gasteiger partial charge in [-0.15, -0.1) is 0 Å². The molecular weight excluding hydrogens is 288 g/mol. The molecule has 4 nitrogen and oxygen atoms in total. The van der Waals surface area contributed by atoms with Gasteiger partial charge in [-0.2, -0.15) is 0 Å². The van der Waals surface area contributed by atoms with Crippen LogP contribution in [0.2, 0.25) is 0 Å². The first-order valence-corrected chi connectivity index (χ1v) is 8.56. The van der Waals surface area contributed by atoms with Crippen molar-refractivity contribution in [1.82, 2.24) is 10.2 Å². The van der Waals surface area contributed by atoms with Gasteiger partial charge in [0.2, 0.25) is 0 Å². The molecule has 0 aromatic heterocycles. The van der Waals surface area contributed by atoms with Gasteiger partial charge in [-0.25, -0.2) is 0 Å². The lowest BCUT2D eigenvalue weighted by atomic mass is 9.87. The van der Waals surface area contributed by atoms with Gasteiger partial charge in [0.15, 0.2) is 6.61 Å². The fourth-order valence-corrected chi connectivity index (χ4v) is 2.96. The van der Waals surface area contributed by atoms with E-state index in [1.165, 1.54) is 5.56 Å². The van der Waals surface area contributed by atoms with Crippen molar-refractivity contribution in [2.24, 2.45) is 5.92 Å². The second-order valence-corrected chi connectivity index (χ2v) is 7.44. The molecule has 1 heterocycles. The van der Waals surface area contributed by atoms with Crippen LogP contribution >= 0.6 is 0 Å². The highest BCUT2D eigenvalue weighted by molar-refractivity contribution is 5.77. The van der Waals surface area contributed by atoms with Gasteiger partial charge < -0.3 is 15.0 Å². The summed E-state index contributed by atoms with van der Waals surface area (Å²) in [5.41, 5.74) is 1.40. The maximum absolute atomic E-state index is 12.2. The number of hydrogen-bond acceptors (Lipinski definition) is 3. The monoisotopic (exact) mass is 318 g/mol. The number of carbonyl (C=O) groups is 1. The number of rotatable bonds is 5.